The van der Waals surface area contributed by atoms with E-state index in [1.807, 2.05) is 0 Å². The summed E-state index contributed by atoms with van der Waals surface area (Å²) in [4.78, 5) is 29.3. The van der Waals surface area contributed by atoms with Gasteiger partial charge in [0.25, 0.3) is 0 Å². The molecule has 33 heavy (non-hydrogen) atoms. The molecule has 0 aromatic heterocycles. The Morgan fingerprint density at radius 3 is 0.909 bits per heavy atom. The molecule has 0 aromatic carbocycles. The number of carboxylic acids is 3. The summed E-state index contributed by atoms with van der Waals surface area (Å²) in [6.45, 7) is -0.592. The van der Waals surface area contributed by atoms with E-state index in [0.29, 0.717) is 0 Å². The van der Waals surface area contributed by atoms with Gasteiger partial charge in [-0.2, -0.15) is 0 Å². The summed E-state index contributed by atoms with van der Waals surface area (Å²) in [6, 6.07) is 0. The predicted molar refractivity (Wildman–Crippen MR) is 94.7 cm³/mol. The zero-order chi connectivity index (χ0) is 26.3. The zero-order valence-corrected chi connectivity index (χ0v) is 19.4. The maximum absolute atomic E-state index is 9.98. The fraction of sp³-hybridized carbons (Fsp3) is 0.800. The van der Waals surface area contributed by atoms with Crippen LogP contribution in [0, 0.1) is 0 Å². The third-order valence-corrected chi connectivity index (χ3v) is 3.33. The molecular formula is C15H27CaO17-. The molecule has 0 radical (unpaired) electrons. The van der Waals surface area contributed by atoms with E-state index in [1.54, 1.807) is 0 Å². The Balaban J connectivity index is -0.000000201. The molecule has 0 saturated carbocycles. The average Bonchev–Trinajstić information content (AvgIpc) is 2.75. The monoisotopic (exact) mass is 519 g/mol. The average molecular weight is 519 g/mol. The summed E-state index contributed by atoms with van der Waals surface area (Å²) >= 11 is 0. The number of carbonyl (C=O) groups is 3. The summed E-state index contributed by atoms with van der Waals surface area (Å²) in [7, 11) is 0. The van der Waals surface area contributed by atoms with Crippen molar-refractivity contribution in [2.24, 2.45) is 0 Å². The molecule has 0 aliphatic rings. The zero-order valence-electron chi connectivity index (χ0n) is 17.2. The summed E-state index contributed by atoms with van der Waals surface area (Å²) in [5.74, 6) is -5.39. The Hall–Kier alpha value is -0.770. The second kappa shape index (κ2) is 20.6. The second-order valence-corrected chi connectivity index (χ2v) is 5.98. The molecule has 0 aromatic rings. The van der Waals surface area contributed by atoms with Gasteiger partial charge in [-0.05, 0) is 6.92 Å². The topological polar surface area (TPSA) is 343 Å². The van der Waals surface area contributed by atoms with Crippen molar-refractivity contribution in [1.82, 2.24) is 0 Å². The molecule has 0 bridgehead atoms. The van der Waals surface area contributed by atoms with Gasteiger partial charge in [0.2, 0.25) is 0 Å². The van der Waals surface area contributed by atoms with Crippen molar-refractivity contribution in [3.63, 3.8) is 0 Å². The minimum absolute atomic E-state index is 0. The van der Waals surface area contributed by atoms with E-state index >= 15 is 0 Å². The molecule has 1 unspecified atom stereocenters. The Morgan fingerprint density at radius 2 is 0.788 bits per heavy atom. The van der Waals surface area contributed by atoms with Crippen molar-refractivity contribution in [2.75, 3.05) is 13.2 Å². The van der Waals surface area contributed by atoms with Crippen LogP contribution in [0.4, 0.5) is 0 Å². The van der Waals surface area contributed by atoms with Gasteiger partial charge in [-0.25, -0.2) is 0 Å². The first-order chi connectivity index (χ1) is 14.5. The van der Waals surface area contributed by atoms with Crippen molar-refractivity contribution in [3.8, 4) is 0 Å². The normalized spacial score (nSPS) is 18.5. The fourth-order valence-corrected chi connectivity index (χ4v) is 1.32. The summed E-state index contributed by atoms with van der Waals surface area (Å²) in [6.07, 6.45) is -17.5. The summed E-state index contributed by atoms with van der Waals surface area (Å²) in [5, 5.41) is 124. The number of aliphatic carboxylic acids is 3. The number of hydrogen-bond acceptors (Lipinski definition) is 17. The van der Waals surface area contributed by atoms with E-state index in [9.17, 15) is 29.7 Å². The molecule has 0 rings (SSSR count). The van der Waals surface area contributed by atoms with Crippen LogP contribution in [0.5, 0.6) is 0 Å². The summed E-state index contributed by atoms with van der Waals surface area (Å²) < 4.78 is 0. The Kier molecular flexibility index (Phi) is 24.6. The van der Waals surface area contributed by atoms with E-state index < -0.39 is 86.1 Å². The quantitative estimate of drug-likeness (QED) is 0.113. The molecule has 17 nitrogen and oxygen atoms in total. The Morgan fingerprint density at radius 1 is 0.576 bits per heavy atom. The Labute approximate surface area is 216 Å². The smallest absolute Gasteiger partial charge is 0.547 e. The number of hydrogen-bond donors (Lipinski definition) is 11. The van der Waals surface area contributed by atoms with Crippen LogP contribution in [-0.2, 0) is 14.4 Å². The van der Waals surface area contributed by atoms with Crippen LogP contribution >= 0.6 is 0 Å². The first kappa shape index (κ1) is 39.4. The van der Waals surface area contributed by atoms with Gasteiger partial charge in [-0.15, -0.1) is 0 Å². The maximum Gasteiger partial charge on any atom is 2.00 e. The number of carboxylic acid groups (broad SMARTS) is 3. The van der Waals surface area contributed by atoms with Crippen LogP contribution in [0.25, 0.3) is 0 Å². The van der Waals surface area contributed by atoms with Crippen LogP contribution in [0.3, 0.4) is 0 Å². The van der Waals surface area contributed by atoms with Gasteiger partial charge in [0.1, 0.15) is 48.8 Å². The molecule has 11 N–H and O–H groups in total. The number of aliphatic hydroxyl groups is 11. The van der Waals surface area contributed by atoms with E-state index in [0.717, 1.165) is 6.92 Å². The molecule has 192 valence electrons. The van der Waals surface area contributed by atoms with Crippen molar-refractivity contribution < 1.29 is 85.9 Å². The summed E-state index contributed by atoms with van der Waals surface area (Å²) in [5.41, 5.74) is 0. The van der Waals surface area contributed by atoms with Crippen LogP contribution in [0.1, 0.15) is 6.92 Å². The van der Waals surface area contributed by atoms with Gasteiger partial charge < -0.3 is 85.9 Å². The minimum atomic E-state index is -2.31. The molecular weight excluding hydrogens is 492 g/mol. The molecule has 0 aliphatic carbocycles. The van der Waals surface area contributed by atoms with Crippen molar-refractivity contribution in [2.45, 2.75) is 61.9 Å². The molecule has 9 atom stereocenters. The fourth-order valence-electron chi connectivity index (χ4n) is 1.32. The molecule has 0 amide bonds. The number of rotatable bonds is 11. The van der Waals surface area contributed by atoms with E-state index in [1.165, 1.54) is 0 Å². The second-order valence-electron chi connectivity index (χ2n) is 5.98. The van der Waals surface area contributed by atoms with Crippen LogP contribution in [-0.4, -0.2) is 180 Å². The predicted octanol–water partition coefficient (Wildman–Crippen LogP) is -11.9. The third-order valence-electron chi connectivity index (χ3n) is 3.33. The molecule has 0 fully saturated rings. The van der Waals surface area contributed by atoms with Crippen LogP contribution in [0.2, 0.25) is 0 Å². The van der Waals surface area contributed by atoms with E-state index in [4.69, 9.17) is 56.2 Å². The first-order valence-corrected chi connectivity index (χ1v) is 8.44. The minimum Gasteiger partial charge on any atom is -0.547 e. The van der Waals surface area contributed by atoms with Gasteiger partial charge in [0.15, 0.2) is 0 Å². The van der Waals surface area contributed by atoms with Gasteiger partial charge in [0.05, 0.1) is 37.2 Å². The molecule has 0 aliphatic heterocycles. The standard InChI is InChI=1S/2C6H12O7.C3H6O3.Ca/c2*7-1-2(8)3(9)4(10)5(11)6(12)13;1-2(4)3(5)6;/h2*2-5,7-11H,1H2,(H,12,13);2,4H,1H3,(H,5,6);/q;;;+2/p-3/t2*2-,3-,4+,5-;;/m11../s1. The largest absolute Gasteiger partial charge is 2.00 e. The number of carbonyl (C=O) groups excluding carboxylic acids is 3. The SMILES string of the molecule is CC(O)C(=O)[O-].O=C([O-])[C@H](O)[C@@H](O)[C@H](O)[C@H](O)CO.O=C([O-])[C@H](O)[C@@H](O)[C@H](O)[C@H](O)CO.[Ca+2]. The first-order valence-electron chi connectivity index (χ1n) is 8.44. The molecule has 18 heteroatoms. The molecule has 0 spiro atoms. The van der Waals surface area contributed by atoms with Gasteiger partial charge in [-0.1, -0.05) is 0 Å². The molecule has 0 saturated heterocycles. The van der Waals surface area contributed by atoms with Gasteiger partial charge in [0, 0.05) is 0 Å². The van der Waals surface area contributed by atoms with Crippen molar-refractivity contribution >= 4 is 55.6 Å². The Bertz CT molecular complexity index is 509. The number of aliphatic hydroxyl groups excluding tert-OH is 11. The van der Waals surface area contributed by atoms with Gasteiger partial charge in [-0.3, -0.25) is 0 Å². The third kappa shape index (κ3) is 17.3. The molecule has 0 heterocycles. The van der Waals surface area contributed by atoms with Crippen molar-refractivity contribution in [3.05, 3.63) is 0 Å². The maximum atomic E-state index is 9.98. The van der Waals surface area contributed by atoms with Crippen molar-refractivity contribution in [1.29, 1.82) is 0 Å². The van der Waals surface area contributed by atoms with Crippen LogP contribution in [0.15, 0.2) is 0 Å². The van der Waals surface area contributed by atoms with E-state index in [2.05, 4.69) is 0 Å². The van der Waals surface area contributed by atoms with E-state index in [-0.39, 0.29) is 37.7 Å². The van der Waals surface area contributed by atoms with Crippen LogP contribution < -0.4 is 15.3 Å². The van der Waals surface area contributed by atoms with Gasteiger partial charge >= 0.3 is 37.7 Å².